The molecule has 158 valence electrons. The third-order valence-electron chi connectivity index (χ3n) is 5.16. The van der Waals surface area contributed by atoms with E-state index in [0.717, 1.165) is 37.4 Å². The Morgan fingerprint density at radius 1 is 0.767 bits per heavy atom. The van der Waals surface area contributed by atoms with E-state index in [1.165, 1.54) is 22.3 Å². The Labute approximate surface area is 181 Å². The average Bonchev–Trinajstić information content (AvgIpc) is 2.76. The minimum absolute atomic E-state index is 0.210. The van der Waals surface area contributed by atoms with Crippen LogP contribution in [0.25, 0.3) is 0 Å². The first kappa shape index (κ1) is 21.9. The van der Waals surface area contributed by atoms with Crippen molar-refractivity contribution in [3.8, 4) is 0 Å². The maximum absolute atomic E-state index is 5.91. The van der Waals surface area contributed by atoms with E-state index in [-0.39, 0.29) is 6.04 Å². The molecule has 3 aromatic rings. The van der Waals surface area contributed by atoms with Gasteiger partial charge in [0.05, 0.1) is 24.0 Å². The first-order valence-corrected chi connectivity index (χ1v) is 10.9. The van der Waals surface area contributed by atoms with E-state index in [0.29, 0.717) is 6.61 Å². The van der Waals surface area contributed by atoms with Crippen LogP contribution in [-0.4, -0.2) is 19.3 Å². The molecule has 0 aliphatic heterocycles. The number of nitrogens with one attached hydrogen (secondary N) is 2. The van der Waals surface area contributed by atoms with E-state index in [4.69, 9.17) is 4.74 Å². The fourth-order valence-electron chi connectivity index (χ4n) is 3.42. The van der Waals surface area contributed by atoms with Crippen LogP contribution in [-0.2, 0) is 17.7 Å². The summed E-state index contributed by atoms with van der Waals surface area (Å²) in [5.41, 5.74) is 7.40. The van der Waals surface area contributed by atoms with Crippen LogP contribution in [0.1, 0.15) is 35.6 Å². The second-order valence-corrected chi connectivity index (χ2v) is 7.99. The molecule has 0 aromatic heterocycles. The van der Waals surface area contributed by atoms with Crippen molar-refractivity contribution in [3.05, 3.63) is 95.1 Å². The molecule has 0 saturated heterocycles. The quantitative estimate of drug-likeness (QED) is 0.366. The molecule has 0 aliphatic carbocycles. The molecule has 3 aromatic carbocycles. The normalized spacial score (nSPS) is 11.8. The molecule has 3 nitrogen and oxygen atoms in total. The highest BCUT2D eigenvalue weighted by atomic mass is 16.5. The van der Waals surface area contributed by atoms with Crippen LogP contribution < -0.4 is 10.6 Å². The van der Waals surface area contributed by atoms with Gasteiger partial charge in [0.15, 0.2) is 0 Å². The highest BCUT2D eigenvalue weighted by Crippen LogP contribution is 2.24. The number of anilines is 2. The molecule has 3 heteroatoms. The highest BCUT2D eigenvalue weighted by Gasteiger charge is 2.12. The molecule has 3 rings (SSSR count). The summed E-state index contributed by atoms with van der Waals surface area (Å²) in [4.78, 5) is 0. The molecular weight excluding hydrogens is 368 g/mol. The molecule has 0 amide bonds. The van der Waals surface area contributed by atoms with Crippen LogP contribution in [0.2, 0.25) is 0 Å². The molecule has 30 heavy (non-hydrogen) atoms. The minimum atomic E-state index is 0.210. The molecule has 2 N–H and O–H groups in total. The number of aryl methyl sites for hydroxylation is 2. The standard InChI is InChI=1S/C27H34N2O/c1-4-17-30-20-25(18-23-13-9-21(2)10-14-23)29-27-8-6-5-7-26(27)28-19-24-15-11-22(3)12-16-24/h5-16,25,28-29H,4,17-20H2,1-3H3. The molecule has 0 aliphatic rings. The van der Waals surface area contributed by atoms with E-state index < -0.39 is 0 Å². The number of hydrogen-bond donors (Lipinski definition) is 2. The zero-order valence-electron chi connectivity index (χ0n) is 18.4. The minimum Gasteiger partial charge on any atom is -0.379 e. The lowest BCUT2D eigenvalue weighted by Gasteiger charge is -2.22. The van der Waals surface area contributed by atoms with Crippen molar-refractivity contribution in [2.24, 2.45) is 0 Å². The van der Waals surface area contributed by atoms with Crippen LogP contribution in [0.15, 0.2) is 72.8 Å². The third kappa shape index (κ3) is 6.93. The average molecular weight is 403 g/mol. The largest absolute Gasteiger partial charge is 0.379 e. The van der Waals surface area contributed by atoms with Crippen LogP contribution >= 0.6 is 0 Å². The van der Waals surface area contributed by atoms with Gasteiger partial charge < -0.3 is 15.4 Å². The van der Waals surface area contributed by atoms with Crippen molar-refractivity contribution in [3.63, 3.8) is 0 Å². The molecule has 1 atom stereocenters. The summed E-state index contributed by atoms with van der Waals surface area (Å²) in [6.45, 7) is 8.67. The van der Waals surface area contributed by atoms with Crippen molar-refractivity contribution in [2.45, 2.75) is 46.2 Å². The van der Waals surface area contributed by atoms with Crippen LogP contribution in [0.4, 0.5) is 11.4 Å². The lowest BCUT2D eigenvalue weighted by molar-refractivity contribution is 0.125. The Hall–Kier alpha value is -2.78. The van der Waals surface area contributed by atoms with Crippen LogP contribution in [0.5, 0.6) is 0 Å². The molecule has 0 bridgehead atoms. The zero-order chi connectivity index (χ0) is 21.2. The lowest BCUT2D eigenvalue weighted by Crippen LogP contribution is -2.28. The predicted octanol–water partition coefficient (Wildman–Crippen LogP) is 6.37. The SMILES string of the molecule is CCCOCC(Cc1ccc(C)cc1)Nc1ccccc1NCc1ccc(C)cc1. The van der Waals surface area contributed by atoms with Gasteiger partial charge in [-0.2, -0.15) is 0 Å². The maximum Gasteiger partial charge on any atom is 0.0671 e. The van der Waals surface area contributed by atoms with Gasteiger partial charge in [0.1, 0.15) is 0 Å². The Bertz CT molecular complexity index is 887. The molecule has 1 unspecified atom stereocenters. The summed E-state index contributed by atoms with van der Waals surface area (Å²) in [7, 11) is 0. The van der Waals surface area contributed by atoms with Gasteiger partial charge >= 0.3 is 0 Å². The summed E-state index contributed by atoms with van der Waals surface area (Å²) in [5, 5.41) is 7.32. The van der Waals surface area contributed by atoms with E-state index in [2.05, 4.69) is 104 Å². The topological polar surface area (TPSA) is 33.3 Å². The van der Waals surface area contributed by atoms with E-state index in [1.54, 1.807) is 0 Å². The summed E-state index contributed by atoms with van der Waals surface area (Å²) < 4.78 is 5.91. The van der Waals surface area contributed by atoms with Gasteiger partial charge in [-0.05, 0) is 49.9 Å². The molecule has 0 spiro atoms. The van der Waals surface area contributed by atoms with Gasteiger partial charge in [-0.25, -0.2) is 0 Å². The number of ether oxygens (including phenoxy) is 1. The first-order chi connectivity index (χ1) is 14.6. The second-order valence-electron chi connectivity index (χ2n) is 7.99. The second kappa shape index (κ2) is 11.4. The van der Waals surface area contributed by atoms with Gasteiger partial charge in [-0.3, -0.25) is 0 Å². The molecule has 0 radical (unpaired) electrons. The Morgan fingerprint density at radius 2 is 1.37 bits per heavy atom. The fourth-order valence-corrected chi connectivity index (χ4v) is 3.42. The van der Waals surface area contributed by atoms with E-state index in [1.807, 2.05) is 0 Å². The van der Waals surface area contributed by atoms with Crippen molar-refractivity contribution in [1.82, 2.24) is 0 Å². The molecular formula is C27H34N2O. The smallest absolute Gasteiger partial charge is 0.0671 e. The predicted molar refractivity (Wildman–Crippen MR) is 128 cm³/mol. The number of rotatable bonds is 11. The van der Waals surface area contributed by atoms with Crippen molar-refractivity contribution in [2.75, 3.05) is 23.8 Å². The Kier molecular flexibility index (Phi) is 8.34. The van der Waals surface area contributed by atoms with E-state index >= 15 is 0 Å². The molecule has 0 heterocycles. The van der Waals surface area contributed by atoms with Crippen molar-refractivity contribution >= 4 is 11.4 Å². The number of hydrogen-bond acceptors (Lipinski definition) is 3. The van der Waals surface area contributed by atoms with Gasteiger partial charge in [-0.15, -0.1) is 0 Å². The number of para-hydroxylation sites is 2. The summed E-state index contributed by atoms with van der Waals surface area (Å²) in [5.74, 6) is 0. The number of benzene rings is 3. The van der Waals surface area contributed by atoms with Gasteiger partial charge in [0.2, 0.25) is 0 Å². The summed E-state index contributed by atoms with van der Waals surface area (Å²) in [6.07, 6.45) is 1.96. The van der Waals surface area contributed by atoms with Crippen molar-refractivity contribution in [1.29, 1.82) is 0 Å². The summed E-state index contributed by atoms with van der Waals surface area (Å²) >= 11 is 0. The van der Waals surface area contributed by atoms with Crippen LogP contribution in [0, 0.1) is 13.8 Å². The zero-order valence-corrected chi connectivity index (χ0v) is 18.4. The maximum atomic E-state index is 5.91. The lowest BCUT2D eigenvalue weighted by atomic mass is 10.0. The fraction of sp³-hybridized carbons (Fsp3) is 0.333. The molecule has 0 fully saturated rings. The van der Waals surface area contributed by atoms with Gasteiger partial charge in [0, 0.05) is 13.2 Å². The highest BCUT2D eigenvalue weighted by molar-refractivity contribution is 5.69. The monoisotopic (exact) mass is 402 g/mol. The summed E-state index contributed by atoms with van der Waals surface area (Å²) in [6, 6.07) is 26.1. The molecule has 0 saturated carbocycles. The Balaban J connectivity index is 1.69. The van der Waals surface area contributed by atoms with Crippen molar-refractivity contribution < 1.29 is 4.74 Å². The van der Waals surface area contributed by atoms with E-state index in [9.17, 15) is 0 Å². The van der Waals surface area contributed by atoms with Crippen LogP contribution in [0.3, 0.4) is 0 Å². The van der Waals surface area contributed by atoms with Gasteiger partial charge in [-0.1, -0.05) is 78.7 Å². The third-order valence-corrected chi connectivity index (χ3v) is 5.16. The Morgan fingerprint density at radius 3 is 2.00 bits per heavy atom. The van der Waals surface area contributed by atoms with Gasteiger partial charge in [0.25, 0.3) is 0 Å². The first-order valence-electron chi connectivity index (χ1n) is 10.9.